The van der Waals surface area contributed by atoms with Crippen molar-refractivity contribution in [2.75, 3.05) is 13.1 Å². The third kappa shape index (κ3) is 5.29. The van der Waals surface area contributed by atoms with Crippen molar-refractivity contribution in [1.29, 1.82) is 0 Å². The van der Waals surface area contributed by atoms with Crippen LogP contribution in [0.25, 0.3) is 10.8 Å². The number of amides is 1. The van der Waals surface area contributed by atoms with Crippen LogP contribution in [-0.2, 0) is 9.59 Å². The van der Waals surface area contributed by atoms with Crippen LogP contribution in [0.4, 0.5) is 0 Å². The molecule has 7 heteroatoms. The number of fused-ring (bicyclic) bond motifs is 1. The lowest BCUT2D eigenvalue weighted by Gasteiger charge is -2.27. The lowest BCUT2D eigenvalue weighted by molar-refractivity contribution is -0.159. The summed E-state index contributed by atoms with van der Waals surface area (Å²) < 4.78 is 0. The zero-order valence-corrected chi connectivity index (χ0v) is 13.6. The van der Waals surface area contributed by atoms with Gasteiger partial charge in [-0.05, 0) is 29.7 Å². The molecule has 0 saturated carbocycles. The minimum atomic E-state index is -1.82. The highest BCUT2D eigenvalue weighted by Crippen LogP contribution is 2.18. The molecule has 0 aliphatic carbocycles. The third-order valence-corrected chi connectivity index (χ3v) is 3.83. The maximum Gasteiger partial charge on any atom is 0.414 e. The van der Waals surface area contributed by atoms with Crippen molar-refractivity contribution in [2.45, 2.75) is 19.3 Å². The zero-order chi connectivity index (χ0) is 18.2. The molecule has 132 valence electrons. The van der Waals surface area contributed by atoms with Gasteiger partial charge in [0.25, 0.3) is 5.91 Å². The first-order chi connectivity index (χ1) is 12.0. The largest absolute Gasteiger partial charge is 0.473 e. The molecule has 0 atom stereocenters. The number of hydrazine groups is 1. The Morgan fingerprint density at radius 1 is 0.840 bits per heavy atom. The van der Waals surface area contributed by atoms with Gasteiger partial charge in [-0.3, -0.25) is 10.2 Å². The monoisotopic (exact) mass is 344 g/mol. The number of nitrogens with one attached hydrogen (secondary N) is 1. The van der Waals surface area contributed by atoms with Crippen LogP contribution in [0.1, 0.15) is 29.6 Å². The first-order valence-electron chi connectivity index (χ1n) is 7.99. The van der Waals surface area contributed by atoms with Crippen LogP contribution in [0.2, 0.25) is 0 Å². The zero-order valence-electron chi connectivity index (χ0n) is 13.6. The van der Waals surface area contributed by atoms with Gasteiger partial charge in [-0.25, -0.2) is 14.6 Å². The molecular weight excluding hydrogens is 324 g/mol. The number of rotatable bonds is 2. The van der Waals surface area contributed by atoms with Crippen LogP contribution in [0.5, 0.6) is 0 Å². The van der Waals surface area contributed by atoms with E-state index < -0.39 is 11.9 Å². The summed E-state index contributed by atoms with van der Waals surface area (Å²) in [5, 5.41) is 18.9. The van der Waals surface area contributed by atoms with Crippen LogP contribution >= 0.6 is 0 Å². The minimum Gasteiger partial charge on any atom is -0.473 e. The number of nitrogens with zero attached hydrogens (tertiary/aromatic N) is 1. The Labute approximate surface area is 144 Å². The van der Waals surface area contributed by atoms with Crippen molar-refractivity contribution < 1.29 is 24.6 Å². The quantitative estimate of drug-likeness (QED) is 0.721. The number of piperidine rings is 1. The summed E-state index contributed by atoms with van der Waals surface area (Å²) in [5.74, 6) is -3.65. The Morgan fingerprint density at radius 3 is 2.08 bits per heavy atom. The molecule has 1 saturated heterocycles. The summed E-state index contributed by atoms with van der Waals surface area (Å²) in [4.78, 5) is 30.6. The highest BCUT2D eigenvalue weighted by molar-refractivity contribution is 6.27. The molecule has 2 aromatic rings. The van der Waals surface area contributed by atoms with Gasteiger partial charge in [0.1, 0.15) is 0 Å². The van der Waals surface area contributed by atoms with Crippen LogP contribution in [0.3, 0.4) is 0 Å². The van der Waals surface area contributed by atoms with Crippen LogP contribution in [0, 0.1) is 0 Å². The van der Waals surface area contributed by atoms with Gasteiger partial charge in [-0.1, -0.05) is 42.8 Å². The molecule has 0 unspecified atom stereocenters. The summed E-state index contributed by atoms with van der Waals surface area (Å²) in [6, 6.07) is 13.9. The number of carboxylic acids is 2. The number of carbonyl (C=O) groups is 3. The molecule has 0 bridgehead atoms. The Bertz CT molecular complexity index is 752. The average molecular weight is 344 g/mol. The van der Waals surface area contributed by atoms with Gasteiger partial charge in [0.15, 0.2) is 0 Å². The first kappa shape index (κ1) is 18.4. The molecule has 1 fully saturated rings. The van der Waals surface area contributed by atoms with E-state index in [-0.39, 0.29) is 5.91 Å². The Balaban J connectivity index is 0.000000326. The second-order valence-electron chi connectivity index (χ2n) is 5.63. The van der Waals surface area contributed by atoms with Gasteiger partial charge in [-0.15, -0.1) is 0 Å². The fourth-order valence-electron chi connectivity index (χ4n) is 2.63. The van der Waals surface area contributed by atoms with E-state index in [1.807, 2.05) is 47.5 Å². The number of hydrogen-bond acceptors (Lipinski definition) is 4. The van der Waals surface area contributed by atoms with Gasteiger partial charge >= 0.3 is 11.9 Å². The molecule has 0 spiro atoms. The molecule has 1 heterocycles. The fourth-order valence-corrected chi connectivity index (χ4v) is 2.63. The molecule has 25 heavy (non-hydrogen) atoms. The Kier molecular flexibility index (Phi) is 6.47. The molecule has 0 aromatic heterocycles. The van der Waals surface area contributed by atoms with Gasteiger partial charge in [0, 0.05) is 18.7 Å². The summed E-state index contributed by atoms with van der Waals surface area (Å²) in [6.07, 6.45) is 3.59. The Morgan fingerprint density at radius 2 is 1.44 bits per heavy atom. The second kappa shape index (κ2) is 8.79. The normalized spacial score (nSPS) is 14.2. The Hall–Kier alpha value is -2.93. The third-order valence-electron chi connectivity index (χ3n) is 3.83. The van der Waals surface area contributed by atoms with Crippen LogP contribution in [0.15, 0.2) is 42.5 Å². The molecule has 2 aromatic carbocycles. The van der Waals surface area contributed by atoms with Gasteiger partial charge in [0.2, 0.25) is 0 Å². The maximum absolute atomic E-state index is 12.4. The van der Waals surface area contributed by atoms with Crippen molar-refractivity contribution in [2.24, 2.45) is 0 Å². The van der Waals surface area contributed by atoms with E-state index in [1.54, 1.807) is 0 Å². The number of benzene rings is 2. The molecular formula is C18H20N2O5. The molecule has 1 aliphatic rings. The van der Waals surface area contributed by atoms with Gasteiger partial charge in [-0.2, -0.15) is 0 Å². The highest BCUT2D eigenvalue weighted by Gasteiger charge is 2.15. The smallest absolute Gasteiger partial charge is 0.414 e. The van der Waals surface area contributed by atoms with Crippen molar-refractivity contribution >= 4 is 28.6 Å². The van der Waals surface area contributed by atoms with Gasteiger partial charge < -0.3 is 10.2 Å². The SMILES string of the molecule is O=C(NN1CCCCC1)c1cccc2ccccc12.O=C(O)C(=O)O. The van der Waals surface area contributed by atoms with E-state index in [0.717, 1.165) is 42.3 Å². The summed E-state index contributed by atoms with van der Waals surface area (Å²) >= 11 is 0. The molecule has 3 N–H and O–H groups in total. The number of hydrogen-bond donors (Lipinski definition) is 3. The lowest BCUT2D eigenvalue weighted by Crippen LogP contribution is -2.45. The minimum absolute atomic E-state index is 0.00120. The van der Waals surface area contributed by atoms with E-state index in [0.29, 0.717) is 0 Å². The predicted molar refractivity (Wildman–Crippen MR) is 92.1 cm³/mol. The summed E-state index contributed by atoms with van der Waals surface area (Å²) in [7, 11) is 0. The van der Waals surface area contributed by atoms with Crippen molar-refractivity contribution in [3.8, 4) is 0 Å². The summed E-state index contributed by atoms with van der Waals surface area (Å²) in [5.41, 5.74) is 3.78. The summed E-state index contributed by atoms with van der Waals surface area (Å²) in [6.45, 7) is 1.91. The topological polar surface area (TPSA) is 107 Å². The van der Waals surface area contributed by atoms with E-state index in [4.69, 9.17) is 19.8 Å². The number of carbonyl (C=O) groups excluding carboxylic acids is 1. The first-order valence-corrected chi connectivity index (χ1v) is 7.99. The van der Waals surface area contributed by atoms with E-state index in [2.05, 4.69) is 5.43 Å². The second-order valence-corrected chi connectivity index (χ2v) is 5.63. The molecule has 1 aliphatic heterocycles. The van der Waals surface area contributed by atoms with E-state index in [9.17, 15) is 4.79 Å². The van der Waals surface area contributed by atoms with Crippen molar-refractivity contribution in [3.05, 3.63) is 48.0 Å². The van der Waals surface area contributed by atoms with E-state index >= 15 is 0 Å². The highest BCUT2D eigenvalue weighted by atomic mass is 16.4. The maximum atomic E-state index is 12.4. The van der Waals surface area contributed by atoms with Crippen molar-refractivity contribution in [1.82, 2.24) is 10.4 Å². The molecule has 7 nitrogen and oxygen atoms in total. The molecule has 3 rings (SSSR count). The van der Waals surface area contributed by atoms with Crippen LogP contribution in [-0.4, -0.2) is 46.2 Å². The molecule has 1 amide bonds. The van der Waals surface area contributed by atoms with Crippen LogP contribution < -0.4 is 5.43 Å². The fraction of sp³-hybridized carbons (Fsp3) is 0.278. The molecule has 0 radical (unpaired) electrons. The standard InChI is InChI=1S/C16H18N2O.C2H2O4/c19-16(17-18-11-4-1-5-12-18)15-10-6-8-13-7-2-3-9-14(13)15;3-1(4)2(5)6/h2-3,6-10H,1,4-5,11-12H2,(H,17,19);(H,3,4)(H,5,6). The van der Waals surface area contributed by atoms with E-state index in [1.165, 1.54) is 6.42 Å². The van der Waals surface area contributed by atoms with Gasteiger partial charge in [0.05, 0.1) is 0 Å². The number of carboxylic acid groups (broad SMARTS) is 2. The average Bonchev–Trinajstić information content (AvgIpc) is 2.62. The predicted octanol–water partition coefficient (Wildman–Crippen LogP) is 2.13. The van der Waals surface area contributed by atoms with Crippen molar-refractivity contribution in [3.63, 3.8) is 0 Å². The lowest BCUT2D eigenvalue weighted by atomic mass is 10.0. The number of aliphatic carboxylic acids is 2.